The van der Waals surface area contributed by atoms with Gasteiger partial charge in [0.15, 0.2) is 5.82 Å². The molecule has 0 aliphatic carbocycles. The van der Waals surface area contributed by atoms with Gasteiger partial charge < -0.3 is 9.47 Å². The third-order valence-electron chi connectivity index (χ3n) is 6.40. The van der Waals surface area contributed by atoms with Crippen LogP contribution in [0.25, 0.3) is 0 Å². The lowest BCUT2D eigenvalue weighted by Gasteiger charge is -2.33. The van der Waals surface area contributed by atoms with E-state index in [9.17, 15) is 13.2 Å². The van der Waals surface area contributed by atoms with Crippen LogP contribution in [-0.2, 0) is 23.1 Å². The normalized spacial score (nSPS) is 20.1. The van der Waals surface area contributed by atoms with Gasteiger partial charge >= 0.3 is 0 Å². The number of amides is 1. The Morgan fingerprint density at radius 3 is 2.55 bits per heavy atom. The van der Waals surface area contributed by atoms with Crippen molar-refractivity contribution in [2.75, 3.05) is 25.4 Å². The van der Waals surface area contributed by atoms with Crippen molar-refractivity contribution in [3.05, 3.63) is 47.0 Å². The zero-order valence-corrected chi connectivity index (χ0v) is 19.3. The Morgan fingerprint density at radius 1 is 1.13 bits per heavy atom. The molecule has 1 amide bonds. The minimum absolute atomic E-state index is 0.00369. The molecule has 31 heavy (non-hydrogen) atoms. The van der Waals surface area contributed by atoms with E-state index in [-0.39, 0.29) is 17.6 Å². The number of nitrogens with zero attached hydrogens (tertiary/aromatic N) is 5. The molecule has 0 spiro atoms. The van der Waals surface area contributed by atoms with Gasteiger partial charge in [0.1, 0.15) is 5.82 Å². The average molecular weight is 446 g/mol. The second kappa shape index (κ2) is 8.70. The summed E-state index contributed by atoms with van der Waals surface area (Å²) in [6.07, 6.45) is 1.72. The molecule has 8 nitrogen and oxygen atoms in total. The number of rotatable bonds is 5. The van der Waals surface area contributed by atoms with Crippen molar-refractivity contribution in [1.29, 1.82) is 0 Å². The van der Waals surface area contributed by atoms with E-state index in [1.165, 1.54) is 5.56 Å². The van der Waals surface area contributed by atoms with Crippen molar-refractivity contribution in [2.24, 2.45) is 0 Å². The first-order valence-electron chi connectivity index (χ1n) is 11.1. The van der Waals surface area contributed by atoms with E-state index in [0.29, 0.717) is 44.2 Å². The Balaban J connectivity index is 1.47. The summed E-state index contributed by atoms with van der Waals surface area (Å²) < 4.78 is 28.3. The molecular formula is C22H31N5O3S. The van der Waals surface area contributed by atoms with E-state index in [1.807, 2.05) is 29.2 Å². The Kier molecular flexibility index (Phi) is 6.16. The molecule has 2 aliphatic rings. The number of benzene rings is 1. The van der Waals surface area contributed by atoms with Gasteiger partial charge in [-0.1, -0.05) is 26.0 Å². The maximum Gasteiger partial charge on any atom is 0.254 e. The lowest BCUT2D eigenvalue weighted by atomic mass is 9.98. The number of carbonyl (C=O) groups excluding carboxylic acids is 1. The third kappa shape index (κ3) is 4.39. The number of fused-ring (bicyclic) bond motifs is 1. The monoisotopic (exact) mass is 445 g/mol. The quantitative estimate of drug-likeness (QED) is 0.706. The number of carbonyl (C=O) groups is 1. The van der Waals surface area contributed by atoms with Gasteiger partial charge in [0.2, 0.25) is 10.0 Å². The predicted octanol–water partition coefficient (Wildman–Crippen LogP) is 2.59. The zero-order valence-electron chi connectivity index (χ0n) is 18.5. The predicted molar refractivity (Wildman–Crippen MR) is 118 cm³/mol. The van der Waals surface area contributed by atoms with E-state index < -0.39 is 10.0 Å². The standard InChI is InChI=1S/C22H31N5O3S/c1-4-31(29,30)26-11-5-6-19(14-26)21-24-23-20-15-25(12-13-27(20)21)22(28)18-9-7-17(8-10-18)16(2)3/h7-10,16,19H,4-6,11-15H2,1-3H3. The lowest BCUT2D eigenvalue weighted by Crippen LogP contribution is -2.42. The van der Waals surface area contributed by atoms with E-state index in [0.717, 1.165) is 24.5 Å². The van der Waals surface area contributed by atoms with Gasteiger partial charge in [-0.2, -0.15) is 0 Å². The SMILES string of the molecule is CCS(=O)(=O)N1CCCC(c2nnc3n2CCN(C(=O)c2ccc(C(C)C)cc2)C3)C1. The van der Waals surface area contributed by atoms with E-state index in [1.54, 1.807) is 11.2 Å². The van der Waals surface area contributed by atoms with E-state index >= 15 is 0 Å². The first-order valence-corrected chi connectivity index (χ1v) is 12.7. The molecule has 1 atom stereocenters. The van der Waals surface area contributed by atoms with Crippen molar-refractivity contribution in [1.82, 2.24) is 24.0 Å². The number of piperidine rings is 1. The molecule has 0 bridgehead atoms. The molecule has 0 radical (unpaired) electrons. The molecule has 9 heteroatoms. The Labute approximate surface area is 184 Å². The van der Waals surface area contributed by atoms with Crippen LogP contribution in [0.15, 0.2) is 24.3 Å². The molecule has 1 aromatic carbocycles. The minimum atomic E-state index is -3.20. The van der Waals surface area contributed by atoms with Gasteiger partial charge in [-0.05, 0) is 43.4 Å². The molecule has 1 aromatic heterocycles. The first-order chi connectivity index (χ1) is 14.8. The first kappa shape index (κ1) is 22.0. The second-order valence-corrected chi connectivity index (χ2v) is 11.0. The van der Waals surface area contributed by atoms with Crippen molar-refractivity contribution in [3.63, 3.8) is 0 Å². The maximum atomic E-state index is 13.0. The second-order valence-electron chi connectivity index (χ2n) is 8.73. The smallest absolute Gasteiger partial charge is 0.254 e. The molecular weight excluding hydrogens is 414 g/mol. The van der Waals surface area contributed by atoms with Crippen molar-refractivity contribution >= 4 is 15.9 Å². The van der Waals surface area contributed by atoms with Crippen LogP contribution < -0.4 is 0 Å². The fourth-order valence-corrected chi connectivity index (χ4v) is 5.62. The van der Waals surface area contributed by atoms with Gasteiger partial charge in [0.25, 0.3) is 5.91 Å². The molecule has 1 unspecified atom stereocenters. The highest BCUT2D eigenvalue weighted by Gasteiger charge is 2.33. The summed E-state index contributed by atoms with van der Waals surface area (Å²) in [5.74, 6) is 2.21. The largest absolute Gasteiger partial charge is 0.329 e. The lowest BCUT2D eigenvalue weighted by molar-refractivity contribution is 0.0705. The van der Waals surface area contributed by atoms with E-state index in [4.69, 9.17) is 0 Å². The highest BCUT2D eigenvalue weighted by Crippen LogP contribution is 2.29. The molecule has 2 aromatic rings. The molecule has 2 aliphatic heterocycles. The van der Waals surface area contributed by atoms with Gasteiger partial charge in [-0.15, -0.1) is 10.2 Å². The summed E-state index contributed by atoms with van der Waals surface area (Å²) in [5, 5.41) is 8.77. The summed E-state index contributed by atoms with van der Waals surface area (Å²) in [5.41, 5.74) is 1.90. The van der Waals surface area contributed by atoms with Gasteiger partial charge in [0.05, 0.1) is 12.3 Å². The molecule has 3 heterocycles. The summed E-state index contributed by atoms with van der Waals surface area (Å²) >= 11 is 0. The zero-order chi connectivity index (χ0) is 22.2. The van der Waals surface area contributed by atoms with Gasteiger partial charge in [-0.25, -0.2) is 12.7 Å². The molecule has 0 N–H and O–H groups in total. The minimum Gasteiger partial charge on any atom is -0.329 e. The number of aromatic nitrogens is 3. The average Bonchev–Trinajstić information content (AvgIpc) is 3.22. The summed E-state index contributed by atoms with van der Waals surface area (Å²) in [6.45, 7) is 8.62. The van der Waals surface area contributed by atoms with Crippen LogP contribution in [-0.4, -0.2) is 63.7 Å². The van der Waals surface area contributed by atoms with E-state index in [2.05, 4.69) is 28.6 Å². The van der Waals surface area contributed by atoms with Gasteiger partial charge in [0, 0.05) is 37.7 Å². The number of hydrogen-bond donors (Lipinski definition) is 0. The van der Waals surface area contributed by atoms with Crippen molar-refractivity contribution in [3.8, 4) is 0 Å². The van der Waals surface area contributed by atoms with Crippen LogP contribution in [0.4, 0.5) is 0 Å². The fourth-order valence-electron chi connectivity index (χ4n) is 4.44. The van der Waals surface area contributed by atoms with Crippen molar-refractivity contribution < 1.29 is 13.2 Å². The fraction of sp³-hybridized carbons (Fsp3) is 0.591. The number of sulfonamides is 1. The summed E-state index contributed by atoms with van der Waals surface area (Å²) in [7, 11) is -3.20. The Bertz CT molecular complexity index is 1050. The third-order valence-corrected chi connectivity index (χ3v) is 8.25. The highest BCUT2D eigenvalue weighted by molar-refractivity contribution is 7.89. The van der Waals surface area contributed by atoms with Crippen LogP contribution in [0.1, 0.15) is 73.0 Å². The van der Waals surface area contributed by atoms with Crippen LogP contribution in [0.3, 0.4) is 0 Å². The molecule has 0 saturated carbocycles. The maximum absolute atomic E-state index is 13.0. The van der Waals surface area contributed by atoms with Crippen molar-refractivity contribution in [2.45, 2.75) is 58.5 Å². The molecule has 1 fully saturated rings. The Morgan fingerprint density at radius 2 is 1.87 bits per heavy atom. The van der Waals surface area contributed by atoms with Crippen LogP contribution in [0.5, 0.6) is 0 Å². The molecule has 168 valence electrons. The van der Waals surface area contributed by atoms with Crippen LogP contribution in [0.2, 0.25) is 0 Å². The Hall–Kier alpha value is -2.26. The van der Waals surface area contributed by atoms with Crippen LogP contribution >= 0.6 is 0 Å². The van der Waals surface area contributed by atoms with Gasteiger partial charge in [-0.3, -0.25) is 4.79 Å². The molecule has 1 saturated heterocycles. The topological polar surface area (TPSA) is 88.4 Å². The van der Waals surface area contributed by atoms with Crippen LogP contribution in [0, 0.1) is 0 Å². The summed E-state index contributed by atoms with van der Waals surface area (Å²) in [4.78, 5) is 14.8. The highest BCUT2D eigenvalue weighted by atomic mass is 32.2. The molecule has 4 rings (SSSR count). The number of hydrogen-bond acceptors (Lipinski definition) is 5. The summed E-state index contributed by atoms with van der Waals surface area (Å²) in [6, 6.07) is 7.82.